The number of nitrogens with zero attached hydrogens (tertiary/aromatic N) is 1. The van der Waals surface area contributed by atoms with Crippen LogP contribution in [0.3, 0.4) is 0 Å². The van der Waals surface area contributed by atoms with Crippen LogP contribution in [0.25, 0.3) is 11.6 Å². The van der Waals surface area contributed by atoms with Gasteiger partial charge in [0.1, 0.15) is 5.75 Å². The number of pyridine rings is 1. The molecule has 0 aliphatic heterocycles. The molecule has 4 aromatic rings. The fourth-order valence-electron chi connectivity index (χ4n) is 3.32. The molecule has 35 heavy (non-hydrogen) atoms. The lowest BCUT2D eigenvalue weighted by molar-refractivity contribution is -0.111. The minimum Gasteiger partial charge on any atom is -0.497 e. The summed E-state index contributed by atoms with van der Waals surface area (Å²) in [7, 11) is -2.19. The second-order valence-corrected chi connectivity index (χ2v) is 9.21. The zero-order valence-electron chi connectivity index (χ0n) is 18.9. The monoisotopic (exact) mass is 485 g/mol. The first-order valence-corrected chi connectivity index (χ1v) is 12.2. The van der Waals surface area contributed by atoms with E-state index >= 15 is 0 Å². The molecule has 0 atom stereocenters. The van der Waals surface area contributed by atoms with Gasteiger partial charge in [0.15, 0.2) is 0 Å². The Morgan fingerprint density at radius 1 is 0.857 bits per heavy atom. The summed E-state index contributed by atoms with van der Waals surface area (Å²) in [4.78, 5) is 17.2. The predicted octanol–water partition coefficient (Wildman–Crippen LogP) is 5.07. The van der Waals surface area contributed by atoms with E-state index in [9.17, 15) is 13.2 Å². The molecular weight excluding hydrogens is 462 g/mol. The normalized spacial score (nSPS) is 11.5. The summed E-state index contributed by atoms with van der Waals surface area (Å²) >= 11 is 0. The number of hydrogen-bond donors (Lipinski definition) is 2. The summed E-state index contributed by atoms with van der Waals surface area (Å²) in [5.74, 6) is 0.400. The van der Waals surface area contributed by atoms with E-state index < -0.39 is 10.0 Å². The molecule has 0 bridgehead atoms. The molecule has 1 aromatic heterocycles. The van der Waals surface area contributed by atoms with Gasteiger partial charge in [0.2, 0.25) is 0 Å². The molecule has 0 fully saturated rings. The molecule has 1 amide bonds. The summed E-state index contributed by atoms with van der Waals surface area (Å²) in [6.07, 6.45) is 4.77. The van der Waals surface area contributed by atoms with E-state index in [2.05, 4.69) is 15.0 Å². The van der Waals surface area contributed by atoms with Crippen molar-refractivity contribution in [3.8, 4) is 5.75 Å². The maximum Gasteiger partial charge on any atom is 0.261 e. The number of nitrogens with one attached hydrogen (secondary N) is 2. The fraction of sp³-hybridized carbons (Fsp3) is 0.0370. The number of aromatic nitrogens is 1. The van der Waals surface area contributed by atoms with Crippen LogP contribution in [-0.4, -0.2) is 26.4 Å². The number of carbonyl (C=O) groups excluding carboxylic acids is 1. The van der Waals surface area contributed by atoms with Crippen LogP contribution in [0.2, 0.25) is 0 Å². The molecule has 0 spiro atoms. The third kappa shape index (κ3) is 6.13. The van der Waals surface area contributed by atoms with Crippen LogP contribution < -0.4 is 14.8 Å². The number of ether oxygens (including phenoxy) is 1. The molecule has 2 N–H and O–H groups in total. The van der Waals surface area contributed by atoms with Gasteiger partial charge >= 0.3 is 0 Å². The lowest BCUT2D eigenvalue weighted by Gasteiger charge is -2.11. The van der Waals surface area contributed by atoms with E-state index in [0.29, 0.717) is 16.9 Å². The van der Waals surface area contributed by atoms with Crippen LogP contribution in [0.15, 0.2) is 108 Å². The number of benzene rings is 3. The standard InChI is InChI=1S/C27H23N3O4S/c1-34-24-13-9-20(10-14-24)18-26(21-6-3-2-4-7-21)27(31)29-22-11-15-25(16-12-22)35(32,33)30-23-8-5-17-28-19-23/h2-19,30H,1H3,(H,29,31)/b26-18+. The van der Waals surface area contributed by atoms with Gasteiger partial charge in [-0.05, 0) is 65.7 Å². The maximum atomic E-state index is 13.2. The molecule has 176 valence electrons. The molecule has 0 aliphatic carbocycles. The van der Waals surface area contributed by atoms with Crippen molar-refractivity contribution in [1.82, 2.24) is 4.98 Å². The van der Waals surface area contributed by atoms with Crippen LogP contribution >= 0.6 is 0 Å². The number of methoxy groups -OCH3 is 1. The molecule has 0 aliphatic rings. The fourth-order valence-corrected chi connectivity index (χ4v) is 4.36. The van der Waals surface area contributed by atoms with Crippen LogP contribution in [0.4, 0.5) is 11.4 Å². The van der Waals surface area contributed by atoms with E-state index in [1.165, 1.54) is 18.3 Å². The Balaban J connectivity index is 1.55. The van der Waals surface area contributed by atoms with Crippen molar-refractivity contribution in [3.63, 3.8) is 0 Å². The molecule has 4 rings (SSSR count). The topological polar surface area (TPSA) is 97.4 Å². The number of anilines is 2. The van der Waals surface area contributed by atoms with Crippen molar-refractivity contribution in [2.75, 3.05) is 17.1 Å². The molecule has 0 radical (unpaired) electrons. The van der Waals surface area contributed by atoms with E-state index in [4.69, 9.17) is 4.74 Å². The Bertz CT molecular complexity index is 1420. The summed E-state index contributed by atoms with van der Waals surface area (Å²) in [5, 5.41) is 2.85. The van der Waals surface area contributed by atoms with Crippen LogP contribution in [0.1, 0.15) is 11.1 Å². The van der Waals surface area contributed by atoms with Crippen molar-refractivity contribution in [2.24, 2.45) is 0 Å². The van der Waals surface area contributed by atoms with Gasteiger partial charge < -0.3 is 10.1 Å². The quantitative estimate of drug-likeness (QED) is 0.268. The van der Waals surface area contributed by atoms with Crippen molar-refractivity contribution < 1.29 is 17.9 Å². The Hall–Kier alpha value is -4.43. The highest BCUT2D eigenvalue weighted by Gasteiger charge is 2.16. The van der Waals surface area contributed by atoms with Crippen LogP contribution in [-0.2, 0) is 14.8 Å². The van der Waals surface area contributed by atoms with E-state index in [1.54, 1.807) is 43.6 Å². The van der Waals surface area contributed by atoms with Crippen LogP contribution in [0.5, 0.6) is 5.75 Å². The first-order valence-electron chi connectivity index (χ1n) is 10.7. The Morgan fingerprint density at radius 2 is 1.57 bits per heavy atom. The van der Waals surface area contributed by atoms with Gasteiger partial charge in [-0.3, -0.25) is 14.5 Å². The van der Waals surface area contributed by atoms with Gasteiger partial charge in [-0.25, -0.2) is 8.42 Å². The average molecular weight is 486 g/mol. The Labute approximate surface area is 204 Å². The van der Waals surface area contributed by atoms with E-state index in [-0.39, 0.29) is 10.8 Å². The average Bonchev–Trinajstić information content (AvgIpc) is 2.89. The Kier molecular flexibility index (Phi) is 7.23. The molecule has 0 saturated heterocycles. The highest BCUT2D eigenvalue weighted by molar-refractivity contribution is 7.92. The van der Waals surface area contributed by atoms with Gasteiger partial charge in [0, 0.05) is 17.5 Å². The van der Waals surface area contributed by atoms with Crippen molar-refractivity contribution in [3.05, 3.63) is 115 Å². The summed E-state index contributed by atoms with van der Waals surface area (Å²) in [6.45, 7) is 0. The van der Waals surface area contributed by atoms with E-state index in [0.717, 1.165) is 16.9 Å². The second kappa shape index (κ2) is 10.7. The number of sulfonamides is 1. The van der Waals surface area contributed by atoms with Crippen molar-refractivity contribution in [2.45, 2.75) is 4.90 Å². The first-order chi connectivity index (χ1) is 16.9. The number of carbonyl (C=O) groups is 1. The Morgan fingerprint density at radius 3 is 2.20 bits per heavy atom. The largest absolute Gasteiger partial charge is 0.497 e. The van der Waals surface area contributed by atoms with Gasteiger partial charge in [-0.1, -0.05) is 42.5 Å². The molecule has 8 heteroatoms. The SMILES string of the molecule is COc1ccc(/C=C(/C(=O)Nc2ccc(S(=O)(=O)Nc3cccnc3)cc2)c2ccccc2)cc1. The minimum absolute atomic E-state index is 0.0661. The molecule has 1 heterocycles. The van der Waals surface area contributed by atoms with Crippen molar-refractivity contribution >= 4 is 39.0 Å². The lowest BCUT2D eigenvalue weighted by atomic mass is 10.0. The third-order valence-corrected chi connectivity index (χ3v) is 6.49. The van der Waals surface area contributed by atoms with Gasteiger partial charge in [0.05, 0.1) is 23.9 Å². The molecule has 7 nitrogen and oxygen atoms in total. The number of rotatable bonds is 8. The molecule has 0 saturated carbocycles. The van der Waals surface area contributed by atoms with Gasteiger partial charge in [-0.2, -0.15) is 0 Å². The zero-order valence-corrected chi connectivity index (χ0v) is 19.7. The second-order valence-electron chi connectivity index (χ2n) is 7.52. The maximum absolute atomic E-state index is 13.2. The minimum atomic E-state index is -3.79. The lowest BCUT2D eigenvalue weighted by Crippen LogP contribution is -2.15. The van der Waals surface area contributed by atoms with E-state index in [1.807, 2.05) is 54.6 Å². The molecule has 0 unspecified atom stereocenters. The highest BCUT2D eigenvalue weighted by atomic mass is 32.2. The molecular formula is C27H23N3O4S. The van der Waals surface area contributed by atoms with Gasteiger partial charge in [-0.15, -0.1) is 0 Å². The van der Waals surface area contributed by atoms with Gasteiger partial charge in [0.25, 0.3) is 15.9 Å². The molecule has 3 aromatic carbocycles. The number of amides is 1. The third-order valence-electron chi connectivity index (χ3n) is 5.09. The summed E-state index contributed by atoms with van der Waals surface area (Å²) in [6, 6.07) is 25.9. The first kappa shape index (κ1) is 23.7. The van der Waals surface area contributed by atoms with Crippen LogP contribution in [0, 0.1) is 0 Å². The smallest absolute Gasteiger partial charge is 0.261 e. The predicted molar refractivity (Wildman–Crippen MR) is 137 cm³/mol. The highest BCUT2D eigenvalue weighted by Crippen LogP contribution is 2.23. The zero-order chi connectivity index (χ0) is 24.7. The number of hydrogen-bond acceptors (Lipinski definition) is 5. The van der Waals surface area contributed by atoms with Crippen molar-refractivity contribution in [1.29, 1.82) is 0 Å². The summed E-state index contributed by atoms with van der Waals surface area (Å²) < 4.78 is 32.9. The summed E-state index contributed by atoms with van der Waals surface area (Å²) in [5.41, 5.74) is 2.88.